The molecule has 2 rings (SSSR count). The SMILES string of the molecule is CCOC1CC1C(=O)NC1CC(C(=O)O)C1. The summed E-state index contributed by atoms with van der Waals surface area (Å²) in [6, 6.07) is 0.0523. The molecule has 2 atom stereocenters. The Morgan fingerprint density at radius 2 is 2.06 bits per heavy atom. The first-order valence-corrected chi connectivity index (χ1v) is 5.76. The van der Waals surface area contributed by atoms with E-state index in [1.165, 1.54) is 0 Å². The molecule has 0 aromatic heterocycles. The normalized spacial score (nSPS) is 36.3. The first kappa shape index (κ1) is 11.4. The van der Waals surface area contributed by atoms with Gasteiger partial charge in [0.05, 0.1) is 17.9 Å². The lowest BCUT2D eigenvalue weighted by atomic mass is 9.80. The molecular weight excluding hydrogens is 210 g/mol. The standard InChI is InChI=1S/C11H17NO4/c1-2-16-9-5-8(9)10(13)12-7-3-6(4-7)11(14)15/h6-9H,2-5H2,1H3,(H,12,13)(H,14,15). The highest BCUT2D eigenvalue weighted by molar-refractivity contribution is 5.82. The fourth-order valence-electron chi connectivity index (χ4n) is 2.09. The number of rotatable bonds is 5. The maximum atomic E-state index is 11.6. The first-order valence-electron chi connectivity index (χ1n) is 5.76. The van der Waals surface area contributed by atoms with Crippen molar-refractivity contribution in [3.63, 3.8) is 0 Å². The highest BCUT2D eigenvalue weighted by atomic mass is 16.5. The fraction of sp³-hybridized carbons (Fsp3) is 0.818. The molecule has 5 heteroatoms. The molecule has 0 aromatic carbocycles. The Hall–Kier alpha value is -1.10. The number of hydrogen-bond donors (Lipinski definition) is 2. The van der Waals surface area contributed by atoms with Gasteiger partial charge >= 0.3 is 5.97 Å². The molecule has 2 N–H and O–H groups in total. The predicted octanol–water partition coefficient (Wildman–Crippen LogP) is 0.391. The van der Waals surface area contributed by atoms with E-state index in [0.717, 1.165) is 6.42 Å². The van der Waals surface area contributed by atoms with Crippen molar-refractivity contribution in [2.45, 2.75) is 38.3 Å². The lowest BCUT2D eigenvalue weighted by Crippen LogP contribution is -2.47. The van der Waals surface area contributed by atoms with Crippen LogP contribution in [0.5, 0.6) is 0 Å². The number of hydrogen-bond acceptors (Lipinski definition) is 3. The maximum Gasteiger partial charge on any atom is 0.306 e. The van der Waals surface area contributed by atoms with Gasteiger partial charge in [0.1, 0.15) is 0 Å². The summed E-state index contributed by atoms with van der Waals surface area (Å²) in [7, 11) is 0. The number of aliphatic carboxylic acids is 1. The molecule has 0 aromatic rings. The van der Waals surface area contributed by atoms with Crippen LogP contribution in [-0.2, 0) is 14.3 Å². The molecule has 2 unspecified atom stereocenters. The third-order valence-electron chi connectivity index (χ3n) is 3.28. The van der Waals surface area contributed by atoms with Crippen molar-refractivity contribution < 1.29 is 19.4 Å². The first-order chi connectivity index (χ1) is 7.61. The smallest absolute Gasteiger partial charge is 0.306 e. The molecule has 5 nitrogen and oxygen atoms in total. The monoisotopic (exact) mass is 227 g/mol. The minimum atomic E-state index is -0.760. The lowest BCUT2D eigenvalue weighted by molar-refractivity contribution is -0.146. The van der Waals surface area contributed by atoms with Gasteiger partial charge in [-0.15, -0.1) is 0 Å². The molecule has 0 bridgehead atoms. The quantitative estimate of drug-likeness (QED) is 0.712. The fourth-order valence-corrected chi connectivity index (χ4v) is 2.09. The van der Waals surface area contributed by atoms with Crippen LogP contribution in [-0.4, -0.2) is 35.7 Å². The summed E-state index contributed by atoms with van der Waals surface area (Å²) in [4.78, 5) is 22.2. The van der Waals surface area contributed by atoms with Crippen molar-refractivity contribution in [2.24, 2.45) is 11.8 Å². The number of ether oxygens (including phenoxy) is 1. The summed E-state index contributed by atoms with van der Waals surface area (Å²) in [5.41, 5.74) is 0. The third-order valence-corrected chi connectivity index (χ3v) is 3.28. The highest BCUT2D eigenvalue weighted by Gasteiger charge is 2.45. The number of nitrogens with one attached hydrogen (secondary N) is 1. The van der Waals surface area contributed by atoms with Gasteiger partial charge in [-0.1, -0.05) is 0 Å². The summed E-state index contributed by atoms with van der Waals surface area (Å²) in [5, 5.41) is 11.6. The zero-order chi connectivity index (χ0) is 11.7. The van der Waals surface area contributed by atoms with E-state index in [9.17, 15) is 9.59 Å². The van der Waals surface area contributed by atoms with E-state index < -0.39 is 5.97 Å². The van der Waals surface area contributed by atoms with E-state index in [-0.39, 0.29) is 29.9 Å². The molecule has 16 heavy (non-hydrogen) atoms. The van der Waals surface area contributed by atoms with Crippen molar-refractivity contribution in [1.29, 1.82) is 0 Å². The molecule has 0 saturated heterocycles. The molecule has 0 aliphatic heterocycles. The topological polar surface area (TPSA) is 75.6 Å². The molecule has 0 radical (unpaired) electrons. The predicted molar refractivity (Wildman–Crippen MR) is 55.8 cm³/mol. The van der Waals surface area contributed by atoms with Crippen molar-refractivity contribution in [3.8, 4) is 0 Å². The van der Waals surface area contributed by atoms with E-state index >= 15 is 0 Å². The molecule has 90 valence electrons. The molecule has 0 heterocycles. The Morgan fingerprint density at radius 3 is 2.62 bits per heavy atom. The van der Waals surface area contributed by atoms with E-state index in [1.54, 1.807) is 0 Å². The summed E-state index contributed by atoms with van der Waals surface area (Å²) in [6.07, 6.45) is 2.01. The average Bonchev–Trinajstić information content (AvgIpc) is 2.89. The van der Waals surface area contributed by atoms with Crippen LogP contribution in [0.3, 0.4) is 0 Å². The van der Waals surface area contributed by atoms with Gasteiger partial charge in [0.2, 0.25) is 5.91 Å². The lowest BCUT2D eigenvalue weighted by Gasteiger charge is -2.32. The third kappa shape index (κ3) is 2.35. The second-order valence-corrected chi connectivity index (χ2v) is 4.55. The molecule has 2 saturated carbocycles. The van der Waals surface area contributed by atoms with Crippen molar-refractivity contribution in [2.75, 3.05) is 6.61 Å². The highest BCUT2D eigenvalue weighted by Crippen LogP contribution is 2.35. The maximum absolute atomic E-state index is 11.6. The van der Waals surface area contributed by atoms with Crippen molar-refractivity contribution in [1.82, 2.24) is 5.32 Å². The van der Waals surface area contributed by atoms with Crippen LogP contribution in [0.15, 0.2) is 0 Å². The van der Waals surface area contributed by atoms with Gasteiger partial charge in [0, 0.05) is 12.6 Å². The molecule has 0 spiro atoms. The van der Waals surface area contributed by atoms with Crippen LogP contribution < -0.4 is 5.32 Å². The number of carbonyl (C=O) groups is 2. The molecular formula is C11H17NO4. The summed E-state index contributed by atoms with van der Waals surface area (Å²) < 4.78 is 5.32. The number of amides is 1. The number of carboxylic acid groups (broad SMARTS) is 1. The van der Waals surface area contributed by atoms with Crippen LogP contribution >= 0.6 is 0 Å². The Bertz CT molecular complexity index is 298. The largest absolute Gasteiger partial charge is 0.481 e. The van der Waals surface area contributed by atoms with Crippen LogP contribution in [0.2, 0.25) is 0 Å². The zero-order valence-corrected chi connectivity index (χ0v) is 9.31. The summed E-state index contributed by atoms with van der Waals surface area (Å²) >= 11 is 0. The van der Waals surface area contributed by atoms with Gasteiger partial charge in [0.25, 0.3) is 0 Å². The van der Waals surface area contributed by atoms with Gasteiger partial charge in [-0.25, -0.2) is 0 Å². The van der Waals surface area contributed by atoms with E-state index in [0.29, 0.717) is 19.4 Å². The van der Waals surface area contributed by atoms with E-state index in [4.69, 9.17) is 9.84 Å². The van der Waals surface area contributed by atoms with Crippen molar-refractivity contribution in [3.05, 3.63) is 0 Å². The molecule has 2 aliphatic carbocycles. The van der Waals surface area contributed by atoms with Gasteiger partial charge < -0.3 is 15.2 Å². The van der Waals surface area contributed by atoms with Crippen LogP contribution in [0, 0.1) is 11.8 Å². The Balaban J connectivity index is 1.65. The van der Waals surface area contributed by atoms with Gasteiger partial charge in [-0.05, 0) is 26.2 Å². The average molecular weight is 227 g/mol. The molecule has 2 fully saturated rings. The number of carbonyl (C=O) groups excluding carboxylic acids is 1. The van der Waals surface area contributed by atoms with Gasteiger partial charge in [-0.2, -0.15) is 0 Å². The summed E-state index contributed by atoms with van der Waals surface area (Å²) in [6.45, 7) is 2.55. The number of carboxylic acids is 1. The van der Waals surface area contributed by atoms with Crippen LogP contribution in [0.25, 0.3) is 0 Å². The van der Waals surface area contributed by atoms with Gasteiger partial charge in [0.15, 0.2) is 0 Å². The Morgan fingerprint density at radius 1 is 1.38 bits per heavy atom. The Kier molecular flexibility index (Phi) is 3.14. The summed E-state index contributed by atoms with van der Waals surface area (Å²) in [5.74, 6) is -1.02. The van der Waals surface area contributed by atoms with E-state index in [2.05, 4.69) is 5.32 Å². The second kappa shape index (κ2) is 4.41. The molecule has 2 aliphatic rings. The van der Waals surface area contributed by atoms with Gasteiger partial charge in [-0.3, -0.25) is 9.59 Å². The van der Waals surface area contributed by atoms with Crippen molar-refractivity contribution >= 4 is 11.9 Å². The zero-order valence-electron chi connectivity index (χ0n) is 9.31. The minimum absolute atomic E-state index is 0.0103. The second-order valence-electron chi connectivity index (χ2n) is 4.55. The Labute approximate surface area is 94.2 Å². The molecule has 1 amide bonds. The minimum Gasteiger partial charge on any atom is -0.481 e. The van der Waals surface area contributed by atoms with Crippen LogP contribution in [0.4, 0.5) is 0 Å². The van der Waals surface area contributed by atoms with Crippen LogP contribution in [0.1, 0.15) is 26.2 Å². The van der Waals surface area contributed by atoms with E-state index in [1.807, 2.05) is 6.92 Å².